The lowest BCUT2D eigenvalue weighted by Crippen LogP contribution is -2.22. The molecule has 1 saturated carbocycles. The van der Waals surface area contributed by atoms with Crippen LogP contribution >= 0.6 is 0 Å². The summed E-state index contributed by atoms with van der Waals surface area (Å²) in [7, 11) is 3.30. The summed E-state index contributed by atoms with van der Waals surface area (Å²) in [5.74, 6) is 2.23. The number of carbonyl (C=O) groups excluding carboxylic acids is 1. The highest BCUT2D eigenvalue weighted by atomic mass is 16.5. The van der Waals surface area contributed by atoms with Gasteiger partial charge in [-0.25, -0.2) is 0 Å². The molecule has 1 aliphatic rings. The van der Waals surface area contributed by atoms with E-state index in [-0.39, 0.29) is 11.7 Å². The third-order valence-corrected chi connectivity index (χ3v) is 5.62. The fraction of sp³-hybridized carbons (Fsp3) is 0.375. The van der Waals surface area contributed by atoms with Gasteiger partial charge in [0, 0.05) is 11.5 Å². The Morgan fingerprint density at radius 3 is 2.30 bits per heavy atom. The van der Waals surface area contributed by atoms with E-state index in [0.29, 0.717) is 5.92 Å². The number of hydrogen-bond acceptors (Lipinski definition) is 3. The molecule has 0 saturated heterocycles. The maximum Gasteiger partial charge on any atom is 0.167 e. The van der Waals surface area contributed by atoms with Crippen LogP contribution in [0.1, 0.15) is 42.5 Å². The quantitative estimate of drug-likeness (QED) is 0.430. The zero-order chi connectivity index (χ0) is 19.2. The molecule has 1 unspecified atom stereocenters. The first-order chi connectivity index (χ1) is 13.2. The van der Waals surface area contributed by atoms with Gasteiger partial charge in [0.25, 0.3) is 0 Å². The molecule has 3 heteroatoms. The second-order valence-electron chi connectivity index (χ2n) is 7.18. The zero-order valence-corrected chi connectivity index (χ0v) is 16.2. The van der Waals surface area contributed by atoms with Gasteiger partial charge in [-0.1, -0.05) is 31.1 Å². The lowest BCUT2D eigenvalue weighted by molar-refractivity contribution is 0.0875. The van der Waals surface area contributed by atoms with Crippen molar-refractivity contribution in [3.63, 3.8) is 0 Å². The van der Waals surface area contributed by atoms with E-state index < -0.39 is 0 Å². The smallest absolute Gasteiger partial charge is 0.167 e. The Balaban J connectivity index is 2.02. The van der Waals surface area contributed by atoms with E-state index in [4.69, 9.17) is 9.47 Å². The standard InChI is InChI=1S/C24H28O3/c1-4-7-21(17-8-5-6-9-17)24(25)22-15-14-20(27-3)16-23(22)18-10-12-19(26-2)13-11-18/h4,10-17,21H,1,5-9H2,2-3H3. The lowest BCUT2D eigenvalue weighted by atomic mass is 9.80. The summed E-state index contributed by atoms with van der Waals surface area (Å²) in [6.07, 6.45) is 7.34. The van der Waals surface area contributed by atoms with E-state index in [1.54, 1.807) is 14.2 Å². The summed E-state index contributed by atoms with van der Waals surface area (Å²) in [5.41, 5.74) is 2.66. The van der Waals surface area contributed by atoms with Crippen molar-refractivity contribution >= 4 is 5.78 Å². The van der Waals surface area contributed by atoms with Crippen molar-refractivity contribution in [3.8, 4) is 22.6 Å². The van der Waals surface area contributed by atoms with Crippen molar-refractivity contribution in [1.29, 1.82) is 0 Å². The normalized spacial score (nSPS) is 15.3. The van der Waals surface area contributed by atoms with E-state index in [0.717, 1.165) is 47.5 Å². The first-order valence-corrected chi connectivity index (χ1v) is 9.65. The van der Waals surface area contributed by atoms with Gasteiger partial charge < -0.3 is 9.47 Å². The van der Waals surface area contributed by atoms with E-state index >= 15 is 0 Å². The Kier molecular flexibility index (Phi) is 6.33. The lowest BCUT2D eigenvalue weighted by Gasteiger charge is -2.22. The van der Waals surface area contributed by atoms with E-state index in [1.807, 2.05) is 48.5 Å². The molecule has 0 aliphatic heterocycles. The fourth-order valence-electron chi connectivity index (χ4n) is 4.13. The van der Waals surface area contributed by atoms with Crippen molar-refractivity contribution in [2.24, 2.45) is 11.8 Å². The highest BCUT2D eigenvalue weighted by Crippen LogP contribution is 2.38. The van der Waals surface area contributed by atoms with Gasteiger partial charge in [-0.2, -0.15) is 0 Å². The van der Waals surface area contributed by atoms with E-state index in [1.165, 1.54) is 12.8 Å². The van der Waals surface area contributed by atoms with Gasteiger partial charge in [0.05, 0.1) is 14.2 Å². The number of Topliss-reactive ketones (excluding diaryl/α,β-unsaturated/α-hetero) is 1. The summed E-state index contributed by atoms with van der Waals surface area (Å²) in [5, 5.41) is 0. The number of ether oxygens (including phenoxy) is 2. The van der Waals surface area contributed by atoms with Crippen LogP contribution in [-0.2, 0) is 0 Å². The maximum atomic E-state index is 13.5. The first-order valence-electron chi connectivity index (χ1n) is 9.65. The van der Waals surface area contributed by atoms with Gasteiger partial charge in [0.2, 0.25) is 0 Å². The number of methoxy groups -OCH3 is 2. The predicted molar refractivity (Wildman–Crippen MR) is 110 cm³/mol. The highest BCUT2D eigenvalue weighted by molar-refractivity contribution is 6.04. The van der Waals surface area contributed by atoms with E-state index in [9.17, 15) is 4.79 Å². The summed E-state index contributed by atoms with van der Waals surface area (Å²) in [4.78, 5) is 13.5. The molecule has 0 radical (unpaired) electrons. The van der Waals surface area contributed by atoms with Crippen molar-refractivity contribution < 1.29 is 14.3 Å². The molecular formula is C24H28O3. The Morgan fingerprint density at radius 2 is 1.70 bits per heavy atom. The zero-order valence-electron chi connectivity index (χ0n) is 16.2. The predicted octanol–water partition coefficient (Wildman–Crippen LogP) is 5.94. The number of rotatable bonds is 8. The van der Waals surface area contributed by atoms with Crippen molar-refractivity contribution in [2.75, 3.05) is 14.2 Å². The van der Waals surface area contributed by atoms with Crippen LogP contribution < -0.4 is 9.47 Å². The summed E-state index contributed by atoms with van der Waals surface area (Å²) in [6, 6.07) is 13.5. The topological polar surface area (TPSA) is 35.5 Å². The first kappa shape index (κ1) is 19.2. The maximum absolute atomic E-state index is 13.5. The number of ketones is 1. The summed E-state index contributed by atoms with van der Waals surface area (Å²) in [6.45, 7) is 3.89. The molecule has 2 aromatic carbocycles. The van der Waals surface area contributed by atoms with Gasteiger partial charge in [-0.3, -0.25) is 4.79 Å². The van der Waals surface area contributed by atoms with Gasteiger partial charge in [0.15, 0.2) is 5.78 Å². The monoisotopic (exact) mass is 364 g/mol. The fourth-order valence-corrected chi connectivity index (χ4v) is 4.13. The molecule has 0 aromatic heterocycles. The number of hydrogen-bond donors (Lipinski definition) is 0. The molecule has 0 heterocycles. The van der Waals surface area contributed by atoms with Crippen molar-refractivity contribution in [3.05, 3.63) is 60.7 Å². The van der Waals surface area contributed by atoms with Crippen LogP contribution in [0.5, 0.6) is 11.5 Å². The van der Waals surface area contributed by atoms with Crippen LogP contribution in [0.2, 0.25) is 0 Å². The molecule has 1 aliphatic carbocycles. The SMILES string of the molecule is C=CCC(C(=O)c1ccc(OC)cc1-c1ccc(OC)cc1)C1CCCC1. The summed E-state index contributed by atoms with van der Waals surface area (Å²) >= 11 is 0. The largest absolute Gasteiger partial charge is 0.497 e. The van der Waals surface area contributed by atoms with Crippen molar-refractivity contribution in [2.45, 2.75) is 32.1 Å². The minimum Gasteiger partial charge on any atom is -0.497 e. The highest BCUT2D eigenvalue weighted by Gasteiger charge is 2.31. The molecular weight excluding hydrogens is 336 g/mol. The molecule has 27 heavy (non-hydrogen) atoms. The Labute approximate surface area is 162 Å². The van der Waals surface area contributed by atoms with Gasteiger partial charge in [-0.15, -0.1) is 6.58 Å². The van der Waals surface area contributed by atoms with Crippen LogP contribution in [0.4, 0.5) is 0 Å². The molecule has 142 valence electrons. The molecule has 2 aromatic rings. The molecule has 1 atom stereocenters. The Hall–Kier alpha value is -2.55. The average Bonchev–Trinajstić information content (AvgIpc) is 3.25. The minimum absolute atomic E-state index is 0.00962. The van der Waals surface area contributed by atoms with Gasteiger partial charge in [0.1, 0.15) is 11.5 Å². The molecule has 0 bridgehead atoms. The molecule has 3 nitrogen and oxygen atoms in total. The van der Waals surface area contributed by atoms with Crippen LogP contribution in [0, 0.1) is 11.8 Å². The van der Waals surface area contributed by atoms with Crippen LogP contribution in [-0.4, -0.2) is 20.0 Å². The van der Waals surface area contributed by atoms with Crippen LogP contribution in [0.25, 0.3) is 11.1 Å². The minimum atomic E-state index is 0.00962. The third kappa shape index (κ3) is 4.24. The summed E-state index contributed by atoms with van der Waals surface area (Å²) < 4.78 is 10.7. The molecule has 1 fully saturated rings. The number of benzene rings is 2. The van der Waals surface area contributed by atoms with Gasteiger partial charge in [-0.05, 0) is 66.6 Å². The second-order valence-corrected chi connectivity index (χ2v) is 7.18. The van der Waals surface area contributed by atoms with Crippen LogP contribution in [0.15, 0.2) is 55.1 Å². The second kappa shape index (κ2) is 8.90. The average molecular weight is 364 g/mol. The Bertz CT molecular complexity index is 786. The van der Waals surface area contributed by atoms with Crippen molar-refractivity contribution in [1.82, 2.24) is 0 Å². The molecule has 0 amide bonds. The van der Waals surface area contributed by atoms with Crippen LogP contribution in [0.3, 0.4) is 0 Å². The molecule has 0 N–H and O–H groups in total. The Morgan fingerprint density at radius 1 is 1.07 bits per heavy atom. The number of carbonyl (C=O) groups is 1. The van der Waals surface area contributed by atoms with E-state index in [2.05, 4.69) is 6.58 Å². The molecule has 3 rings (SSSR count). The molecule has 0 spiro atoms. The van der Waals surface area contributed by atoms with Gasteiger partial charge >= 0.3 is 0 Å². The number of allylic oxidation sites excluding steroid dienone is 1. The third-order valence-electron chi connectivity index (χ3n) is 5.62.